The molecule has 0 saturated carbocycles. The summed E-state index contributed by atoms with van der Waals surface area (Å²) >= 11 is 5.95. The molecule has 0 atom stereocenters. The average molecular weight is 348 g/mol. The molecule has 1 N–H and O–H groups in total. The molecule has 1 heterocycles. The zero-order chi connectivity index (χ0) is 16.9. The van der Waals surface area contributed by atoms with Crippen LogP contribution in [-0.2, 0) is 6.42 Å². The van der Waals surface area contributed by atoms with Crippen LogP contribution < -0.4 is 19.5 Å². The summed E-state index contributed by atoms with van der Waals surface area (Å²) in [5.41, 5.74) is 1.49. The van der Waals surface area contributed by atoms with E-state index in [0.717, 1.165) is 17.1 Å². The number of hydrogen-bond acceptors (Lipinski definition) is 4. The lowest BCUT2D eigenvalue weighted by Crippen LogP contribution is -2.26. The van der Waals surface area contributed by atoms with Gasteiger partial charge >= 0.3 is 0 Å². The number of fused-ring (bicyclic) bond motifs is 1. The molecule has 0 aromatic heterocycles. The fourth-order valence-electron chi connectivity index (χ4n) is 2.52. The summed E-state index contributed by atoms with van der Waals surface area (Å²) < 4.78 is 16.3. The fraction of sp³-hybridized carbons (Fsp3) is 0.278. The highest BCUT2D eigenvalue weighted by molar-refractivity contribution is 6.31. The zero-order valence-electron chi connectivity index (χ0n) is 13.3. The molecule has 0 bridgehead atoms. The second kappa shape index (κ2) is 7.45. The van der Waals surface area contributed by atoms with E-state index in [1.807, 2.05) is 18.2 Å². The number of carbonyl (C=O) groups is 1. The van der Waals surface area contributed by atoms with Crippen molar-refractivity contribution in [3.05, 3.63) is 52.5 Å². The number of ether oxygens (including phenoxy) is 3. The van der Waals surface area contributed by atoms with E-state index in [9.17, 15) is 4.79 Å². The minimum absolute atomic E-state index is 0.216. The molecule has 0 radical (unpaired) electrons. The molecule has 0 spiro atoms. The van der Waals surface area contributed by atoms with E-state index >= 15 is 0 Å². The van der Waals surface area contributed by atoms with Crippen molar-refractivity contribution >= 4 is 17.5 Å². The minimum atomic E-state index is -0.216. The van der Waals surface area contributed by atoms with Gasteiger partial charge in [-0.05, 0) is 42.3 Å². The van der Waals surface area contributed by atoms with E-state index in [-0.39, 0.29) is 5.91 Å². The molecule has 0 aliphatic carbocycles. The van der Waals surface area contributed by atoms with Crippen molar-refractivity contribution in [2.24, 2.45) is 0 Å². The second-order valence-electron chi connectivity index (χ2n) is 5.33. The number of amides is 1. The Morgan fingerprint density at radius 2 is 1.96 bits per heavy atom. The molecule has 3 rings (SSSR count). The Kier molecular flexibility index (Phi) is 5.11. The van der Waals surface area contributed by atoms with Crippen LogP contribution in [0.2, 0.25) is 5.02 Å². The molecule has 2 aromatic rings. The van der Waals surface area contributed by atoms with E-state index in [2.05, 4.69) is 5.32 Å². The quantitative estimate of drug-likeness (QED) is 0.903. The van der Waals surface area contributed by atoms with Crippen LogP contribution in [0.3, 0.4) is 0 Å². The van der Waals surface area contributed by atoms with E-state index in [1.165, 1.54) is 7.11 Å². The Morgan fingerprint density at radius 3 is 2.75 bits per heavy atom. The molecule has 0 saturated heterocycles. The number of benzene rings is 2. The molecular formula is C18H18ClNO4. The number of carbonyl (C=O) groups excluding carboxylic acids is 1. The van der Waals surface area contributed by atoms with Crippen molar-refractivity contribution in [2.45, 2.75) is 6.42 Å². The maximum absolute atomic E-state index is 12.3. The molecule has 1 aliphatic heterocycles. The number of halogens is 1. The van der Waals surface area contributed by atoms with Crippen LogP contribution in [0.4, 0.5) is 0 Å². The molecule has 0 fully saturated rings. The van der Waals surface area contributed by atoms with Crippen molar-refractivity contribution in [3.63, 3.8) is 0 Å². The van der Waals surface area contributed by atoms with E-state index in [0.29, 0.717) is 42.5 Å². The summed E-state index contributed by atoms with van der Waals surface area (Å²) in [6, 6.07) is 10.8. The van der Waals surface area contributed by atoms with Crippen molar-refractivity contribution in [2.75, 3.05) is 26.9 Å². The summed E-state index contributed by atoms with van der Waals surface area (Å²) in [6.07, 6.45) is 0.686. The van der Waals surface area contributed by atoms with Crippen LogP contribution in [0.15, 0.2) is 36.4 Å². The monoisotopic (exact) mass is 347 g/mol. The first-order valence-corrected chi connectivity index (χ1v) is 8.05. The highest BCUT2D eigenvalue weighted by Gasteiger charge is 2.14. The predicted molar refractivity (Wildman–Crippen MR) is 91.5 cm³/mol. The Hall–Kier alpha value is -2.40. The third-order valence-corrected chi connectivity index (χ3v) is 3.95. The summed E-state index contributed by atoms with van der Waals surface area (Å²) in [4.78, 5) is 12.3. The van der Waals surface area contributed by atoms with E-state index < -0.39 is 0 Å². The topological polar surface area (TPSA) is 56.8 Å². The van der Waals surface area contributed by atoms with Gasteiger partial charge in [-0.25, -0.2) is 0 Å². The van der Waals surface area contributed by atoms with Gasteiger partial charge in [0.2, 0.25) is 0 Å². The average Bonchev–Trinajstić information content (AvgIpc) is 2.61. The molecule has 5 nitrogen and oxygen atoms in total. The Morgan fingerprint density at radius 1 is 1.17 bits per heavy atom. The maximum Gasteiger partial charge on any atom is 0.255 e. The third kappa shape index (κ3) is 3.74. The van der Waals surface area contributed by atoms with Gasteiger partial charge in [-0.1, -0.05) is 17.7 Å². The predicted octanol–water partition coefficient (Wildman–Crippen LogP) is 3.09. The molecular weight excluding hydrogens is 330 g/mol. The number of rotatable bonds is 5. The zero-order valence-corrected chi connectivity index (χ0v) is 14.1. The Bertz CT molecular complexity index is 748. The van der Waals surface area contributed by atoms with Crippen LogP contribution in [0.1, 0.15) is 15.9 Å². The lowest BCUT2D eigenvalue weighted by atomic mass is 10.1. The number of methoxy groups -OCH3 is 1. The van der Waals surface area contributed by atoms with Crippen molar-refractivity contribution < 1.29 is 19.0 Å². The van der Waals surface area contributed by atoms with Crippen LogP contribution in [-0.4, -0.2) is 32.8 Å². The van der Waals surface area contributed by atoms with Gasteiger partial charge in [0.05, 0.1) is 12.7 Å². The van der Waals surface area contributed by atoms with Gasteiger partial charge in [0.1, 0.15) is 19.0 Å². The lowest BCUT2D eigenvalue weighted by Gasteiger charge is -2.19. The van der Waals surface area contributed by atoms with Crippen molar-refractivity contribution in [3.8, 4) is 17.2 Å². The van der Waals surface area contributed by atoms with Gasteiger partial charge in [0.15, 0.2) is 11.5 Å². The van der Waals surface area contributed by atoms with E-state index in [4.69, 9.17) is 25.8 Å². The van der Waals surface area contributed by atoms with Gasteiger partial charge in [0, 0.05) is 11.6 Å². The lowest BCUT2D eigenvalue weighted by molar-refractivity contribution is 0.0951. The van der Waals surface area contributed by atoms with Crippen molar-refractivity contribution in [1.29, 1.82) is 0 Å². The van der Waals surface area contributed by atoms with Gasteiger partial charge in [-0.15, -0.1) is 0 Å². The third-order valence-electron chi connectivity index (χ3n) is 3.71. The molecule has 24 heavy (non-hydrogen) atoms. The van der Waals surface area contributed by atoms with Crippen molar-refractivity contribution in [1.82, 2.24) is 5.32 Å². The Balaban J connectivity index is 1.60. The number of hydrogen-bond donors (Lipinski definition) is 1. The SMILES string of the molecule is COc1ccc(Cl)cc1C(=O)NCCc1ccc2c(c1)OCCO2. The van der Waals surface area contributed by atoms with E-state index in [1.54, 1.807) is 18.2 Å². The largest absolute Gasteiger partial charge is 0.496 e. The van der Waals surface area contributed by atoms with Crippen LogP contribution in [0.25, 0.3) is 0 Å². The second-order valence-corrected chi connectivity index (χ2v) is 5.76. The van der Waals surface area contributed by atoms with Crippen LogP contribution in [0.5, 0.6) is 17.2 Å². The Labute approximate surface area is 145 Å². The summed E-state index contributed by atoms with van der Waals surface area (Å²) in [7, 11) is 1.52. The summed E-state index contributed by atoms with van der Waals surface area (Å²) in [5.74, 6) is 1.79. The molecule has 2 aromatic carbocycles. The molecule has 126 valence electrons. The van der Waals surface area contributed by atoms with Crippen LogP contribution in [0, 0.1) is 0 Å². The molecule has 0 unspecified atom stereocenters. The number of nitrogens with one attached hydrogen (secondary N) is 1. The molecule has 6 heteroatoms. The first-order valence-electron chi connectivity index (χ1n) is 7.67. The maximum atomic E-state index is 12.3. The van der Waals surface area contributed by atoms with Gasteiger partial charge in [0.25, 0.3) is 5.91 Å². The highest BCUT2D eigenvalue weighted by atomic mass is 35.5. The highest BCUT2D eigenvalue weighted by Crippen LogP contribution is 2.30. The van der Waals surface area contributed by atoms with Gasteiger partial charge in [-0.2, -0.15) is 0 Å². The van der Waals surface area contributed by atoms with Gasteiger partial charge < -0.3 is 19.5 Å². The molecule has 1 aliphatic rings. The normalized spacial score (nSPS) is 12.6. The minimum Gasteiger partial charge on any atom is -0.496 e. The van der Waals surface area contributed by atoms with Crippen LogP contribution >= 0.6 is 11.6 Å². The summed E-state index contributed by atoms with van der Waals surface area (Å²) in [5, 5.41) is 3.37. The first kappa shape index (κ1) is 16.5. The standard InChI is InChI=1S/C18H18ClNO4/c1-22-15-5-3-13(19)11-14(15)18(21)20-7-6-12-2-4-16-17(10-12)24-9-8-23-16/h2-5,10-11H,6-9H2,1H3,(H,20,21). The fourth-order valence-corrected chi connectivity index (χ4v) is 2.69. The summed E-state index contributed by atoms with van der Waals surface area (Å²) in [6.45, 7) is 1.62. The smallest absolute Gasteiger partial charge is 0.255 e. The molecule has 1 amide bonds. The first-order chi connectivity index (χ1) is 11.7. The van der Waals surface area contributed by atoms with Gasteiger partial charge in [-0.3, -0.25) is 4.79 Å².